The van der Waals surface area contributed by atoms with Crippen LogP contribution < -0.4 is 9.88 Å². The molecule has 1 N–H and O–H groups in total. The summed E-state index contributed by atoms with van der Waals surface area (Å²) in [6.07, 6.45) is 5.19. The summed E-state index contributed by atoms with van der Waals surface area (Å²) in [5.74, 6) is -0.0695. The third-order valence-corrected chi connectivity index (χ3v) is 5.11. The second kappa shape index (κ2) is 7.60. The molecule has 0 saturated carbocycles. The largest absolute Gasteiger partial charge is 0.381 e. The Hall–Kier alpha value is -3.54. The van der Waals surface area contributed by atoms with Gasteiger partial charge in [-0.2, -0.15) is 4.57 Å². The minimum atomic E-state index is -0.461. The number of Topliss-reactive ketones (excluding diaryl/α,β-unsaturated/α-hetero) is 1. The standard InChI is InChI=1S/C22H19N3O3/c26-22-20-14-19(25(27)28)8-6-17(20)7-9-21(22)24-12-10-18(11-13-24)23-15-16-4-2-1-3-5-16/h1-6,8,10-14,21H,7,9,15H2/p+1. The topological polar surface area (TPSA) is 76.1 Å². The monoisotopic (exact) mass is 374 g/mol. The molecule has 0 amide bonds. The van der Waals surface area contributed by atoms with Crippen LogP contribution in [0.15, 0.2) is 73.1 Å². The summed E-state index contributed by atoms with van der Waals surface area (Å²) in [5, 5.41) is 14.4. The van der Waals surface area contributed by atoms with Gasteiger partial charge in [-0.3, -0.25) is 14.9 Å². The molecule has 2 aromatic carbocycles. The Labute approximate surface area is 162 Å². The van der Waals surface area contributed by atoms with Crippen molar-refractivity contribution in [3.63, 3.8) is 0 Å². The van der Waals surface area contributed by atoms with E-state index in [1.165, 1.54) is 17.7 Å². The van der Waals surface area contributed by atoms with Crippen LogP contribution in [0.4, 0.5) is 11.4 Å². The molecular formula is C22H20N3O3+. The second-order valence-corrected chi connectivity index (χ2v) is 6.89. The van der Waals surface area contributed by atoms with Gasteiger partial charge in [0, 0.05) is 48.5 Å². The predicted molar refractivity (Wildman–Crippen MR) is 105 cm³/mol. The van der Waals surface area contributed by atoms with Crippen LogP contribution in [0.3, 0.4) is 0 Å². The summed E-state index contributed by atoms with van der Waals surface area (Å²) in [6, 6.07) is 18.2. The fraction of sp³-hybridized carbons (Fsp3) is 0.182. The lowest BCUT2D eigenvalue weighted by Gasteiger charge is -2.19. The maximum absolute atomic E-state index is 12.9. The number of carbonyl (C=O) groups is 1. The molecule has 0 spiro atoms. The molecule has 1 atom stereocenters. The first-order valence-electron chi connectivity index (χ1n) is 9.22. The zero-order valence-corrected chi connectivity index (χ0v) is 15.2. The Morgan fingerprint density at radius 3 is 2.54 bits per heavy atom. The number of aryl methyl sites for hydroxylation is 1. The molecule has 1 aliphatic carbocycles. The summed E-state index contributed by atoms with van der Waals surface area (Å²) in [7, 11) is 0. The van der Waals surface area contributed by atoms with Crippen molar-refractivity contribution in [1.82, 2.24) is 0 Å². The summed E-state index contributed by atoms with van der Waals surface area (Å²) in [4.78, 5) is 23.5. The highest BCUT2D eigenvalue weighted by Crippen LogP contribution is 2.29. The maximum atomic E-state index is 12.9. The third-order valence-electron chi connectivity index (χ3n) is 5.11. The molecular weight excluding hydrogens is 354 g/mol. The molecule has 6 heteroatoms. The van der Waals surface area contributed by atoms with Crippen LogP contribution >= 0.6 is 0 Å². The number of nitrogens with one attached hydrogen (secondary N) is 1. The molecule has 28 heavy (non-hydrogen) atoms. The van der Waals surface area contributed by atoms with Crippen LogP contribution in [-0.2, 0) is 13.0 Å². The molecule has 1 unspecified atom stereocenters. The number of nitro benzene ring substituents is 1. The van der Waals surface area contributed by atoms with E-state index in [9.17, 15) is 14.9 Å². The van der Waals surface area contributed by atoms with Crippen molar-refractivity contribution in [3.05, 3.63) is 99.9 Å². The van der Waals surface area contributed by atoms with Crippen molar-refractivity contribution in [3.8, 4) is 0 Å². The Kier molecular flexibility index (Phi) is 4.85. The van der Waals surface area contributed by atoms with Gasteiger partial charge in [0.05, 0.1) is 4.92 Å². The molecule has 4 rings (SSSR count). The van der Waals surface area contributed by atoms with Crippen LogP contribution in [-0.4, -0.2) is 10.7 Å². The van der Waals surface area contributed by atoms with Gasteiger partial charge in [0.25, 0.3) is 5.69 Å². The first-order chi connectivity index (χ1) is 13.6. The Morgan fingerprint density at radius 1 is 1.07 bits per heavy atom. The van der Waals surface area contributed by atoms with Crippen molar-refractivity contribution in [2.45, 2.75) is 25.4 Å². The molecule has 0 aliphatic heterocycles. The van der Waals surface area contributed by atoms with Gasteiger partial charge >= 0.3 is 0 Å². The van der Waals surface area contributed by atoms with Gasteiger partial charge < -0.3 is 5.32 Å². The average Bonchev–Trinajstić information content (AvgIpc) is 2.73. The van der Waals surface area contributed by atoms with Crippen LogP contribution in [0.5, 0.6) is 0 Å². The number of ketones is 1. The highest BCUT2D eigenvalue weighted by Gasteiger charge is 2.35. The lowest BCUT2D eigenvalue weighted by Crippen LogP contribution is -2.45. The highest BCUT2D eigenvalue weighted by atomic mass is 16.6. The van der Waals surface area contributed by atoms with Crippen LogP contribution in [0.25, 0.3) is 0 Å². The minimum Gasteiger partial charge on any atom is -0.381 e. The van der Waals surface area contributed by atoms with E-state index in [2.05, 4.69) is 17.4 Å². The smallest absolute Gasteiger partial charge is 0.270 e. The number of anilines is 1. The fourth-order valence-electron chi connectivity index (χ4n) is 3.58. The Balaban J connectivity index is 1.49. The van der Waals surface area contributed by atoms with Crippen molar-refractivity contribution in [2.24, 2.45) is 0 Å². The third kappa shape index (κ3) is 3.62. The van der Waals surface area contributed by atoms with Crippen molar-refractivity contribution >= 4 is 17.2 Å². The van der Waals surface area contributed by atoms with E-state index in [1.807, 2.05) is 47.3 Å². The van der Waals surface area contributed by atoms with E-state index >= 15 is 0 Å². The Bertz CT molecular complexity index is 1020. The lowest BCUT2D eigenvalue weighted by atomic mass is 9.86. The van der Waals surface area contributed by atoms with E-state index in [0.29, 0.717) is 12.0 Å². The number of aromatic nitrogens is 1. The van der Waals surface area contributed by atoms with Gasteiger partial charge in [0.15, 0.2) is 12.4 Å². The summed E-state index contributed by atoms with van der Waals surface area (Å²) >= 11 is 0. The summed E-state index contributed by atoms with van der Waals surface area (Å²) in [6.45, 7) is 0.726. The van der Waals surface area contributed by atoms with Crippen LogP contribution in [0.2, 0.25) is 0 Å². The predicted octanol–water partition coefficient (Wildman–Crippen LogP) is 3.86. The van der Waals surface area contributed by atoms with E-state index in [0.717, 1.165) is 24.2 Å². The van der Waals surface area contributed by atoms with Crippen molar-refractivity contribution in [2.75, 3.05) is 5.32 Å². The minimum absolute atomic E-state index is 0.0433. The van der Waals surface area contributed by atoms with Gasteiger partial charge in [-0.1, -0.05) is 36.4 Å². The van der Waals surface area contributed by atoms with Gasteiger partial charge in [-0.15, -0.1) is 0 Å². The number of nitrogens with zero attached hydrogens (tertiary/aromatic N) is 2. The molecule has 1 aromatic heterocycles. The van der Waals surface area contributed by atoms with E-state index in [-0.39, 0.29) is 17.5 Å². The number of non-ortho nitro benzene ring substituents is 1. The molecule has 1 aliphatic rings. The number of benzene rings is 2. The van der Waals surface area contributed by atoms with Crippen LogP contribution in [0, 0.1) is 10.1 Å². The number of rotatable bonds is 5. The molecule has 0 fully saturated rings. The SMILES string of the molecule is O=C1c2cc([N+](=O)[O-])ccc2CCC1[n+]1ccc(NCc2ccccc2)cc1. The van der Waals surface area contributed by atoms with Gasteiger partial charge in [0.1, 0.15) is 0 Å². The molecule has 0 bridgehead atoms. The van der Waals surface area contributed by atoms with E-state index < -0.39 is 4.92 Å². The maximum Gasteiger partial charge on any atom is 0.270 e. The van der Waals surface area contributed by atoms with Gasteiger partial charge in [-0.05, 0) is 17.5 Å². The summed E-state index contributed by atoms with van der Waals surface area (Å²) in [5.41, 5.74) is 3.47. The molecule has 140 valence electrons. The molecule has 1 heterocycles. The van der Waals surface area contributed by atoms with Crippen molar-refractivity contribution in [1.29, 1.82) is 0 Å². The lowest BCUT2D eigenvalue weighted by molar-refractivity contribution is -0.708. The molecule has 3 aromatic rings. The molecule has 6 nitrogen and oxygen atoms in total. The Morgan fingerprint density at radius 2 is 1.82 bits per heavy atom. The van der Waals surface area contributed by atoms with E-state index in [1.54, 1.807) is 6.07 Å². The van der Waals surface area contributed by atoms with Crippen molar-refractivity contribution < 1.29 is 14.3 Å². The van der Waals surface area contributed by atoms with Gasteiger partial charge in [0.2, 0.25) is 11.8 Å². The zero-order chi connectivity index (χ0) is 19.5. The van der Waals surface area contributed by atoms with Gasteiger partial charge in [-0.25, -0.2) is 0 Å². The number of fused-ring (bicyclic) bond motifs is 1. The quantitative estimate of drug-likeness (QED) is 0.418. The number of nitro groups is 1. The van der Waals surface area contributed by atoms with E-state index in [4.69, 9.17) is 0 Å². The van der Waals surface area contributed by atoms with Crippen LogP contribution in [0.1, 0.15) is 33.9 Å². The number of pyridine rings is 1. The number of carbonyl (C=O) groups excluding carboxylic acids is 1. The second-order valence-electron chi connectivity index (χ2n) is 6.89. The number of hydrogen-bond donors (Lipinski definition) is 1. The molecule has 0 saturated heterocycles. The first-order valence-corrected chi connectivity index (χ1v) is 9.22. The first kappa shape index (κ1) is 17.9. The summed E-state index contributed by atoms with van der Waals surface area (Å²) < 4.78 is 1.89. The number of hydrogen-bond acceptors (Lipinski definition) is 4. The normalized spacial score (nSPS) is 15.7. The zero-order valence-electron chi connectivity index (χ0n) is 15.2. The fourth-order valence-corrected chi connectivity index (χ4v) is 3.58. The molecule has 0 radical (unpaired) electrons. The average molecular weight is 374 g/mol. The highest BCUT2D eigenvalue weighted by molar-refractivity contribution is 6.00.